The predicted octanol–water partition coefficient (Wildman–Crippen LogP) is 1.87. The second-order valence-corrected chi connectivity index (χ2v) is 4.04. The number of anilines is 1. The number of carbonyl (C=O) groups is 2. The average molecular weight is 273 g/mol. The Hall–Kier alpha value is -3.02. The van der Waals surface area contributed by atoms with Gasteiger partial charge in [0, 0.05) is 17.7 Å². The van der Waals surface area contributed by atoms with E-state index in [4.69, 9.17) is 5.11 Å². The molecule has 0 unspecified atom stereocenters. The van der Waals surface area contributed by atoms with Crippen LogP contribution in [-0.4, -0.2) is 27.5 Å². The third-order valence-electron chi connectivity index (χ3n) is 2.64. The molecule has 0 atom stereocenters. The first-order valence-corrected chi connectivity index (χ1v) is 5.63. The van der Waals surface area contributed by atoms with Crippen LogP contribution in [0, 0.1) is 0 Å². The molecule has 1 amide bonds. The first kappa shape index (κ1) is 13.4. The standard InChI is InChI=1S/C14H11NO5/c16-7-8-1-2-9(17)5-12(8)15-14(20)11-4-3-10(18)6-13(11)19/h1-7,17-19H,(H,15,20). The Bertz CT molecular complexity index is 681. The maximum atomic E-state index is 12.0. The molecular weight excluding hydrogens is 262 g/mol. The van der Waals surface area contributed by atoms with Crippen molar-refractivity contribution in [1.82, 2.24) is 0 Å². The van der Waals surface area contributed by atoms with Crippen LogP contribution >= 0.6 is 0 Å². The largest absolute Gasteiger partial charge is 0.508 e. The van der Waals surface area contributed by atoms with Crippen molar-refractivity contribution in [3.63, 3.8) is 0 Å². The van der Waals surface area contributed by atoms with Gasteiger partial charge in [0.2, 0.25) is 0 Å². The van der Waals surface area contributed by atoms with Crippen LogP contribution in [0.25, 0.3) is 0 Å². The maximum Gasteiger partial charge on any atom is 0.259 e. The Labute approximate surface area is 113 Å². The second kappa shape index (κ2) is 5.31. The molecule has 102 valence electrons. The number of phenols is 3. The Kier molecular flexibility index (Phi) is 3.56. The summed E-state index contributed by atoms with van der Waals surface area (Å²) in [6, 6.07) is 7.41. The molecule has 2 aromatic carbocycles. The molecule has 0 radical (unpaired) electrons. The van der Waals surface area contributed by atoms with Gasteiger partial charge in [-0.2, -0.15) is 0 Å². The van der Waals surface area contributed by atoms with Crippen molar-refractivity contribution in [2.24, 2.45) is 0 Å². The zero-order valence-electron chi connectivity index (χ0n) is 10.2. The van der Waals surface area contributed by atoms with Crippen molar-refractivity contribution < 1.29 is 24.9 Å². The predicted molar refractivity (Wildman–Crippen MR) is 71.2 cm³/mol. The molecule has 0 spiro atoms. The quantitative estimate of drug-likeness (QED) is 0.639. The number of rotatable bonds is 3. The van der Waals surface area contributed by atoms with Crippen LogP contribution < -0.4 is 5.32 Å². The smallest absolute Gasteiger partial charge is 0.259 e. The molecule has 0 fully saturated rings. The van der Waals surface area contributed by atoms with Crippen LogP contribution in [0.1, 0.15) is 20.7 Å². The van der Waals surface area contributed by atoms with Gasteiger partial charge in [0.1, 0.15) is 17.2 Å². The van der Waals surface area contributed by atoms with Crippen LogP contribution in [-0.2, 0) is 0 Å². The molecule has 6 heteroatoms. The van der Waals surface area contributed by atoms with E-state index < -0.39 is 11.7 Å². The number of nitrogens with one attached hydrogen (secondary N) is 1. The number of hydrogen-bond acceptors (Lipinski definition) is 5. The topological polar surface area (TPSA) is 107 Å². The summed E-state index contributed by atoms with van der Waals surface area (Å²) in [5.74, 6) is -1.35. The van der Waals surface area contributed by atoms with Crippen molar-refractivity contribution >= 4 is 17.9 Å². The second-order valence-electron chi connectivity index (χ2n) is 4.04. The Balaban J connectivity index is 2.32. The average Bonchev–Trinajstić information content (AvgIpc) is 2.38. The van der Waals surface area contributed by atoms with Gasteiger partial charge in [0.05, 0.1) is 11.3 Å². The fraction of sp³-hybridized carbons (Fsp3) is 0. The van der Waals surface area contributed by atoms with E-state index in [-0.39, 0.29) is 28.3 Å². The lowest BCUT2D eigenvalue weighted by atomic mass is 10.1. The number of phenolic OH excluding ortho intramolecular Hbond substituents is 3. The fourth-order valence-electron chi connectivity index (χ4n) is 1.66. The zero-order valence-corrected chi connectivity index (χ0v) is 10.2. The summed E-state index contributed by atoms with van der Waals surface area (Å²) in [6.45, 7) is 0. The van der Waals surface area contributed by atoms with Gasteiger partial charge in [0.15, 0.2) is 6.29 Å². The molecule has 0 saturated carbocycles. The molecule has 0 heterocycles. The molecule has 4 N–H and O–H groups in total. The SMILES string of the molecule is O=Cc1ccc(O)cc1NC(=O)c1ccc(O)cc1O. The molecule has 0 saturated heterocycles. The van der Waals surface area contributed by atoms with E-state index in [1.165, 1.54) is 30.3 Å². The van der Waals surface area contributed by atoms with Crippen LogP contribution in [0.5, 0.6) is 17.2 Å². The number of aldehydes is 1. The summed E-state index contributed by atoms with van der Waals surface area (Å²) in [4.78, 5) is 22.8. The zero-order chi connectivity index (χ0) is 14.7. The summed E-state index contributed by atoms with van der Waals surface area (Å²) in [5, 5.41) is 30.5. The van der Waals surface area contributed by atoms with Crippen LogP contribution in [0.2, 0.25) is 0 Å². The number of amides is 1. The maximum absolute atomic E-state index is 12.0. The molecule has 6 nitrogen and oxygen atoms in total. The Morgan fingerprint density at radius 1 is 1.00 bits per heavy atom. The third-order valence-corrected chi connectivity index (χ3v) is 2.64. The molecule has 0 aliphatic rings. The van der Waals surface area contributed by atoms with Crippen molar-refractivity contribution in [1.29, 1.82) is 0 Å². The van der Waals surface area contributed by atoms with Gasteiger partial charge >= 0.3 is 0 Å². The van der Waals surface area contributed by atoms with Crippen LogP contribution in [0.15, 0.2) is 36.4 Å². The van der Waals surface area contributed by atoms with E-state index in [2.05, 4.69) is 5.32 Å². The first-order chi connectivity index (χ1) is 9.51. The van der Waals surface area contributed by atoms with Gasteiger partial charge in [-0.05, 0) is 24.3 Å². The highest BCUT2D eigenvalue weighted by Gasteiger charge is 2.14. The van der Waals surface area contributed by atoms with Crippen molar-refractivity contribution in [3.8, 4) is 17.2 Å². The lowest BCUT2D eigenvalue weighted by Gasteiger charge is -2.09. The van der Waals surface area contributed by atoms with Gasteiger partial charge in [0.25, 0.3) is 5.91 Å². The van der Waals surface area contributed by atoms with E-state index in [1.54, 1.807) is 0 Å². The van der Waals surface area contributed by atoms with Crippen LogP contribution in [0.4, 0.5) is 5.69 Å². The molecule has 0 bridgehead atoms. The number of hydrogen-bond donors (Lipinski definition) is 4. The Morgan fingerprint density at radius 3 is 2.30 bits per heavy atom. The summed E-state index contributed by atoms with van der Waals surface area (Å²) in [5.41, 5.74) is 0.245. The lowest BCUT2D eigenvalue weighted by molar-refractivity contribution is 0.102. The minimum atomic E-state index is -0.670. The highest BCUT2D eigenvalue weighted by Crippen LogP contribution is 2.25. The summed E-state index contributed by atoms with van der Waals surface area (Å²) < 4.78 is 0. The highest BCUT2D eigenvalue weighted by molar-refractivity contribution is 6.08. The van der Waals surface area contributed by atoms with Gasteiger partial charge in [-0.1, -0.05) is 0 Å². The number of aromatic hydroxyl groups is 3. The summed E-state index contributed by atoms with van der Waals surface area (Å²) >= 11 is 0. The Morgan fingerprint density at radius 2 is 1.65 bits per heavy atom. The first-order valence-electron chi connectivity index (χ1n) is 5.63. The normalized spacial score (nSPS) is 10.0. The van der Waals surface area contributed by atoms with E-state index >= 15 is 0 Å². The highest BCUT2D eigenvalue weighted by atomic mass is 16.3. The molecule has 2 aromatic rings. The van der Waals surface area contributed by atoms with Crippen LogP contribution in [0.3, 0.4) is 0 Å². The van der Waals surface area contributed by atoms with Crippen molar-refractivity contribution in [2.75, 3.05) is 5.32 Å². The molecule has 0 aliphatic carbocycles. The number of carbonyl (C=O) groups excluding carboxylic acids is 2. The van der Waals surface area contributed by atoms with E-state index in [0.29, 0.717) is 6.29 Å². The summed E-state index contributed by atoms with van der Waals surface area (Å²) in [7, 11) is 0. The van der Waals surface area contributed by atoms with Gasteiger partial charge in [-0.25, -0.2) is 0 Å². The lowest BCUT2D eigenvalue weighted by Crippen LogP contribution is -2.13. The molecule has 20 heavy (non-hydrogen) atoms. The molecule has 0 aromatic heterocycles. The molecule has 0 aliphatic heterocycles. The minimum absolute atomic E-state index is 0.0667. The minimum Gasteiger partial charge on any atom is -0.508 e. The third kappa shape index (κ3) is 2.69. The van der Waals surface area contributed by atoms with Gasteiger partial charge < -0.3 is 20.6 Å². The summed E-state index contributed by atoms with van der Waals surface area (Å²) in [6.07, 6.45) is 0.533. The van der Waals surface area contributed by atoms with Gasteiger partial charge in [-0.15, -0.1) is 0 Å². The molecule has 2 rings (SSSR count). The van der Waals surface area contributed by atoms with E-state index in [0.717, 1.165) is 6.07 Å². The van der Waals surface area contributed by atoms with Crippen molar-refractivity contribution in [3.05, 3.63) is 47.5 Å². The number of benzene rings is 2. The van der Waals surface area contributed by atoms with E-state index in [1.807, 2.05) is 0 Å². The monoisotopic (exact) mass is 273 g/mol. The fourth-order valence-corrected chi connectivity index (χ4v) is 1.66. The van der Waals surface area contributed by atoms with Gasteiger partial charge in [-0.3, -0.25) is 9.59 Å². The molecular formula is C14H11NO5. The van der Waals surface area contributed by atoms with Crippen molar-refractivity contribution in [2.45, 2.75) is 0 Å². The van der Waals surface area contributed by atoms with E-state index in [9.17, 15) is 19.8 Å².